The number of carbonyl (C=O) groups excluding carboxylic acids is 2. The number of anilines is 2. The Kier molecular flexibility index (Phi) is 8.97. The van der Waals surface area contributed by atoms with Gasteiger partial charge < -0.3 is 25.8 Å². The van der Waals surface area contributed by atoms with Crippen molar-refractivity contribution in [2.24, 2.45) is 0 Å². The SMILES string of the molecule is CCC(CC)O[C@@H]1C=C(C(=O)O)C[C@H](Nc2ccc(NC(=O)c3ccccc3)cn2)[C@H]1NC(C)=O. The van der Waals surface area contributed by atoms with Crippen LogP contribution in [0, 0.1) is 0 Å². The highest BCUT2D eigenvalue weighted by molar-refractivity contribution is 6.04. The lowest BCUT2D eigenvalue weighted by Gasteiger charge is -2.38. The van der Waals surface area contributed by atoms with Crippen molar-refractivity contribution in [3.8, 4) is 0 Å². The molecule has 1 aromatic heterocycles. The Morgan fingerprint density at radius 2 is 1.83 bits per heavy atom. The molecule has 35 heavy (non-hydrogen) atoms. The Balaban J connectivity index is 1.78. The summed E-state index contributed by atoms with van der Waals surface area (Å²) in [6.45, 7) is 5.43. The molecule has 3 rings (SSSR count). The van der Waals surface area contributed by atoms with Gasteiger partial charge in [-0.05, 0) is 43.2 Å². The van der Waals surface area contributed by atoms with E-state index in [9.17, 15) is 19.5 Å². The first kappa shape index (κ1) is 25.9. The molecule has 2 amide bonds. The molecular weight excluding hydrogens is 448 g/mol. The average molecular weight is 481 g/mol. The van der Waals surface area contributed by atoms with Crippen LogP contribution in [0.25, 0.3) is 0 Å². The molecule has 0 bridgehead atoms. The molecule has 0 saturated carbocycles. The molecule has 2 aromatic rings. The summed E-state index contributed by atoms with van der Waals surface area (Å²) >= 11 is 0. The zero-order valence-corrected chi connectivity index (χ0v) is 20.2. The number of hydrogen-bond donors (Lipinski definition) is 4. The van der Waals surface area contributed by atoms with Gasteiger partial charge >= 0.3 is 5.97 Å². The molecule has 0 radical (unpaired) electrons. The number of amides is 2. The van der Waals surface area contributed by atoms with E-state index in [-0.39, 0.29) is 29.9 Å². The first-order chi connectivity index (χ1) is 16.8. The van der Waals surface area contributed by atoms with E-state index in [1.54, 1.807) is 42.5 Å². The van der Waals surface area contributed by atoms with Crippen LogP contribution >= 0.6 is 0 Å². The van der Waals surface area contributed by atoms with Gasteiger partial charge in [0.1, 0.15) is 5.82 Å². The van der Waals surface area contributed by atoms with Gasteiger partial charge in [-0.1, -0.05) is 32.0 Å². The summed E-state index contributed by atoms with van der Waals surface area (Å²) in [5.74, 6) is -1.03. The summed E-state index contributed by atoms with van der Waals surface area (Å²) in [5, 5.41) is 18.6. The van der Waals surface area contributed by atoms with E-state index in [4.69, 9.17) is 4.74 Å². The molecule has 0 spiro atoms. The van der Waals surface area contributed by atoms with Crippen LogP contribution in [0.15, 0.2) is 60.3 Å². The molecule has 1 aromatic carbocycles. The lowest BCUT2D eigenvalue weighted by Crippen LogP contribution is -2.56. The van der Waals surface area contributed by atoms with Crippen molar-refractivity contribution in [1.82, 2.24) is 10.3 Å². The Hall–Kier alpha value is -3.72. The minimum Gasteiger partial charge on any atom is -0.478 e. The Morgan fingerprint density at radius 1 is 1.11 bits per heavy atom. The molecule has 9 heteroatoms. The van der Waals surface area contributed by atoms with Crippen molar-refractivity contribution in [3.05, 3.63) is 65.9 Å². The number of ether oxygens (including phenoxy) is 1. The van der Waals surface area contributed by atoms with Crippen molar-refractivity contribution < 1.29 is 24.2 Å². The lowest BCUT2D eigenvalue weighted by molar-refractivity contribution is -0.133. The number of rotatable bonds is 10. The van der Waals surface area contributed by atoms with Crippen LogP contribution in [0.4, 0.5) is 11.5 Å². The Labute approximate surface area is 205 Å². The zero-order valence-electron chi connectivity index (χ0n) is 20.2. The normalized spacial score (nSPS) is 19.5. The number of aliphatic carboxylic acids is 1. The molecule has 0 saturated heterocycles. The number of hydrogen-bond acceptors (Lipinski definition) is 6. The van der Waals surface area contributed by atoms with Gasteiger partial charge in [0.25, 0.3) is 5.91 Å². The number of carboxylic acids is 1. The molecule has 1 aliphatic rings. The average Bonchev–Trinajstić information content (AvgIpc) is 2.85. The van der Waals surface area contributed by atoms with Crippen molar-refractivity contribution in [1.29, 1.82) is 0 Å². The molecule has 3 atom stereocenters. The number of pyridine rings is 1. The predicted molar refractivity (Wildman–Crippen MR) is 133 cm³/mol. The van der Waals surface area contributed by atoms with Crippen molar-refractivity contribution in [3.63, 3.8) is 0 Å². The highest BCUT2D eigenvalue weighted by Crippen LogP contribution is 2.27. The van der Waals surface area contributed by atoms with Crippen molar-refractivity contribution >= 4 is 29.3 Å². The topological polar surface area (TPSA) is 130 Å². The molecule has 1 heterocycles. The van der Waals surface area contributed by atoms with Gasteiger partial charge in [-0.25, -0.2) is 9.78 Å². The molecule has 0 unspecified atom stereocenters. The van der Waals surface area contributed by atoms with Gasteiger partial charge in [0.05, 0.1) is 36.2 Å². The molecule has 0 aliphatic heterocycles. The minimum atomic E-state index is -1.02. The maximum atomic E-state index is 12.4. The summed E-state index contributed by atoms with van der Waals surface area (Å²) in [5.41, 5.74) is 1.27. The monoisotopic (exact) mass is 480 g/mol. The lowest BCUT2D eigenvalue weighted by atomic mass is 9.87. The van der Waals surface area contributed by atoms with Gasteiger partial charge in [-0.3, -0.25) is 9.59 Å². The van der Waals surface area contributed by atoms with E-state index in [2.05, 4.69) is 20.9 Å². The number of benzene rings is 1. The van der Waals surface area contributed by atoms with Crippen LogP contribution in [-0.4, -0.2) is 52.2 Å². The fourth-order valence-corrected chi connectivity index (χ4v) is 4.04. The third-order valence-corrected chi connectivity index (χ3v) is 5.89. The Morgan fingerprint density at radius 3 is 2.40 bits per heavy atom. The smallest absolute Gasteiger partial charge is 0.331 e. The Bertz CT molecular complexity index is 1050. The largest absolute Gasteiger partial charge is 0.478 e. The summed E-state index contributed by atoms with van der Waals surface area (Å²) in [4.78, 5) is 40.5. The first-order valence-electron chi connectivity index (χ1n) is 11.8. The van der Waals surface area contributed by atoms with Gasteiger partial charge in [-0.15, -0.1) is 0 Å². The van der Waals surface area contributed by atoms with E-state index in [1.807, 2.05) is 19.9 Å². The third kappa shape index (κ3) is 7.13. The number of carboxylic acid groups (broad SMARTS) is 1. The number of aromatic nitrogens is 1. The van der Waals surface area contributed by atoms with Crippen molar-refractivity contribution in [2.75, 3.05) is 10.6 Å². The van der Waals surface area contributed by atoms with Crippen LogP contribution in [0.3, 0.4) is 0 Å². The number of nitrogens with zero attached hydrogens (tertiary/aromatic N) is 1. The van der Waals surface area contributed by atoms with E-state index >= 15 is 0 Å². The third-order valence-electron chi connectivity index (χ3n) is 5.89. The van der Waals surface area contributed by atoms with E-state index < -0.39 is 24.2 Å². The molecule has 1 aliphatic carbocycles. The van der Waals surface area contributed by atoms with Gasteiger partial charge in [-0.2, -0.15) is 0 Å². The molecule has 4 N–H and O–H groups in total. The van der Waals surface area contributed by atoms with Crippen LogP contribution in [-0.2, 0) is 14.3 Å². The summed E-state index contributed by atoms with van der Waals surface area (Å²) in [6, 6.07) is 11.3. The second-order valence-corrected chi connectivity index (χ2v) is 8.47. The summed E-state index contributed by atoms with van der Waals surface area (Å²) in [6.07, 6.45) is 4.16. The summed E-state index contributed by atoms with van der Waals surface area (Å²) < 4.78 is 6.19. The van der Waals surface area contributed by atoms with Crippen LogP contribution in [0.1, 0.15) is 50.4 Å². The van der Waals surface area contributed by atoms with Crippen LogP contribution < -0.4 is 16.0 Å². The van der Waals surface area contributed by atoms with Gasteiger partial charge in [0.15, 0.2) is 0 Å². The quantitative estimate of drug-likeness (QED) is 0.409. The number of carbonyl (C=O) groups is 3. The highest BCUT2D eigenvalue weighted by Gasteiger charge is 2.37. The fraction of sp³-hybridized carbons (Fsp3) is 0.385. The first-order valence-corrected chi connectivity index (χ1v) is 11.8. The van der Waals surface area contributed by atoms with Crippen molar-refractivity contribution in [2.45, 2.75) is 64.3 Å². The van der Waals surface area contributed by atoms with Gasteiger partial charge in [0.2, 0.25) is 5.91 Å². The molecule has 186 valence electrons. The van der Waals surface area contributed by atoms with Gasteiger partial charge in [0, 0.05) is 24.5 Å². The summed E-state index contributed by atoms with van der Waals surface area (Å²) in [7, 11) is 0. The van der Waals surface area contributed by atoms with Crippen LogP contribution in [0.5, 0.6) is 0 Å². The fourth-order valence-electron chi connectivity index (χ4n) is 4.04. The van der Waals surface area contributed by atoms with E-state index in [1.165, 1.54) is 13.1 Å². The zero-order chi connectivity index (χ0) is 25.4. The van der Waals surface area contributed by atoms with E-state index in [0.717, 1.165) is 12.8 Å². The number of nitrogens with one attached hydrogen (secondary N) is 3. The standard InChI is InChI=1S/C26H32N4O5/c1-4-20(5-2)35-22-14-18(26(33)34)13-21(24(22)28-16(3)31)30-23-12-11-19(15-27-23)29-25(32)17-9-7-6-8-10-17/h6-12,14-15,20-22,24H,4-5,13H2,1-3H3,(H,27,30)(H,28,31)(H,29,32)(H,33,34)/t21-,22+,24+/m0/s1. The van der Waals surface area contributed by atoms with Crippen LogP contribution in [0.2, 0.25) is 0 Å². The van der Waals surface area contributed by atoms with E-state index in [0.29, 0.717) is 17.1 Å². The maximum absolute atomic E-state index is 12.4. The predicted octanol–water partition coefficient (Wildman–Crippen LogP) is 3.61. The highest BCUT2D eigenvalue weighted by atomic mass is 16.5. The maximum Gasteiger partial charge on any atom is 0.331 e. The molecular formula is C26H32N4O5. The minimum absolute atomic E-state index is 0.0630. The molecule has 0 fully saturated rings. The molecule has 9 nitrogen and oxygen atoms in total. The second-order valence-electron chi connectivity index (χ2n) is 8.47. The second kappa shape index (κ2) is 12.1.